The molecule has 1 fully saturated rings. The Bertz CT molecular complexity index is 589. The first kappa shape index (κ1) is 18.3. The fraction of sp³-hybridized carbons (Fsp3) is 0.500. The molecule has 1 aliphatic rings. The van der Waals surface area contributed by atoms with E-state index in [-0.39, 0.29) is 5.78 Å². The van der Waals surface area contributed by atoms with Crippen molar-refractivity contribution in [3.63, 3.8) is 0 Å². The van der Waals surface area contributed by atoms with Gasteiger partial charge >= 0.3 is 0 Å². The topological polar surface area (TPSA) is 125 Å². The Kier molecular flexibility index (Phi) is 5.89. The van der Waals surface area contributed by atoms with Gasteiger partial charge < -0.3 is 30.1 Å². The summed E-state index contributed by atoms with van der Waals surface area (Å²) in [5.74, 6) is -0.177. The second kappa shape index (κ2) is 7.71. The van der Waals surface area contributed by atoms with Crippen molar-refractivity contribution in [2.75, 3.05) is 6.61 Å². The molecule has 1 aliphatic heterocycles. The van der Waals surface area contributed by atoms with Crippen molar-refractivity contribution >= 4 is 11.7 Å². The van der Waals surface area contributed by atoms with E-state index >= 15 is 0 Å². The van der Waals surface area contributed by atoms with Crippen molar-refractivity contribution in [3.8, 4) is 5.75 Å². The van der Waals surface area contributed by atoms with Crippen molar-refractivity contribution in [2.45, 2.75) is 44.5 Å². The minimum Gasteiger partial charge on any atom is -0.463 e. The number of hydrogen-bond donors (Lipinski definition) is 4. The molecule has 5 atom stereocenters. The van der Waals surface area contributed by atoms with E-state index in [4.69, 9.17) is 9.47 Å². The molecular weight excluding hydrogens is 318 g/mol. The Morgan fingerprint density at radius 3 is 2.29 bits per heavy atom. The van der Waals surface area contributed by atoms with Crippen molar-refractivity contribution in [1.29, 1.82) is 0 Å². The molecule has 0 bridgehead atoms. The van der Waals surface area contributed by atoms with Gasteiger partial charge in [-0.2, -0.15) is 0 Å². The number of carbonyl (C=O) groups excluding carboxylic acids is 2. The van der Waals surface area contributed by atoms with Crippen LogP contribution in [0.2, 0.25) is 0 Å². The first-order chi connectivity index (χ1) is 11.3. The smallest absolute Gasteiger partial charge is 0.223 e. The second-order valence-electron chi connectivity index (χ2n) is 5.63. The summed E-state index contributed by atoms with van der Waals surface area (Å²) in [5, 5.41) is 31.8. The number of aliphatic hydroxyl groups is 3. The number of rotatable bonds is 5. The van der Waals surface area contributed by atoms with E-state index in [2.05, 4.69) is 5.32 Å². The van der Waals surface area contributed by atoms with E-state index in [1.54, 1.807) is 24.3 Å². The van der Waals surface area contributed by atoms with Crippen LogP contribution in [0.1, 0.15) is 24.2 Å². The summed E-state index contributed by atoms with van der Waals surface area (Å²) < 4.78 is 11.1. The monoisotopic (exact) mass is 339 g/mol. The number of nitrogens with one attached hydrogen (secondary N) is 1. The maximum Gasteiger partial charge on any atom is 0.223 e. The lowest BCUT2D eigenvalue weighted by molar-refractivity contribution is -0.244. The van der Waals surface area contributed by atoms with E-state index in [9.17, 15) is 24.9 Å². The minimum absolute atomic E-state index is 0.0921. The third-order valence-corrected chi connectivity index (χ3v) is 3.76. The highest BCUT2D eigenvalue weighted by Gasteiger charge is 2.46. The zero-order valence-electron chi connectivity index (χ0n) is 13.4. The van der Waals surface area contributed by atoms with Crippen LogP contribution in [0.25, 0.3) is 0 Å². The summed E-state index contributed by atoms with van der Waals surface area (Å²) in [6.07, 6.45) is -4.91. The highest BCUT2D eigenvalue weighted by Crippen LogP contribution is 2.24. The predicted octanol–water partition coefficient (Wildman–Crippen LogP) is -0.788. The van der Waals surface area contributed by atoms with Gasteiger partial charge in [-0.15, -0.1) is 0 Å². The average molecular weight is 339 g/mol. The number of benzene rings is 1. The van der Waals surface area contributed by atoms with Crippen LogP contribution in [0.3, 0.4) is 0 Å². The fourth-order valence-electron chi connectivity index (χ4n) is 2.47. The van der Waals surface area contributed by atoms with Gasteiger partial charge in [-0.1, -0.05) is 0 Å². The number of ketones is 1. The first-order valence-corrected chi connectivity index (χ1v) is 7.50. The molecule has 132 valence electrons. The van der Waals surface area contributed by atoms with Crippen molar-refractivity contribution < 1.29 is 34.4 Å². The standard InChI is InChI=1S/C16H21NO7/c1-8(19)10-3-5-11(6-4-10)23-16-13(17-9(2)20)15(22)14(21)12(7-18)24-16/h3-6,12-16,18,21-22H,7H2,1-2H3,(H,17,20). The number of hydrogen-bond acceptors (Lipinski definition) is 7. The van der Waals surface area contributed by atoms with Crippen LogP contribution in [0, 0.1) is 0 Å². The molecule has 4 N–H and O–H groups in total. The molecule has 0 radical (unpaired) electrons. The third kappa shape index (κ3) is 4.09. The first-order valence-electron chi connectivity index (χ1n) is 7.50. The lowest BCUT2D eigenvalue weighted by atomic mass is 9.97. The Morgan fingerprint density at radius 2 is 1.79 bits per heavy atom. The molecule has 1 aromatic rings. The van der Waals surface area contributed by atoms with Crippen LogP contribution >= 0.6 is 0 Å². The quantitative estimate of drug-likeness (QED) is 0.518. The zero-order valence-corrected chi connectivity index (χ0v) is 13.4. The normalized spacial score (nSPS) is 29.8. The van der Waals surface area contributed by atoms with Gasteiger partial charge in [0.1, 0.15) is 30.1 Å². The summed E-state index contributed by atoms with van der Waals surface area (Å²) in [6.45, 7) is 2.18. The van der Waals surface area contributed by atoms with E-state index in [1.807, 2.05) is 0 Å². The highest BCUT2D eigenvalue weighted by atomic mass is 16.7. The number of aliphatic hydroxyl groups excluding tert-OH is 3. The van der Waals surface area contributed by atoms with E-state index in [0.717, 1.165) is 0 Å². The Morgan fingerprint density at radius 1 is 1.17 bits per heavy atom. The van der Waals surface area contributed by atoms with Gasteiger partial charge in [-0.05, 0) is 31.2 Å². The molecule has 1 heterocycles. The van der Waals surface area contributed by atoms with Gasteiger partial charge in [0, 0.05) is 12.5 Å². The summed E-state index contributed by atoms with van der Waals surface area (Å²) >= 11 is 0. The summed E-state index contributed by atoms with van der Waals surface area (Å²) in [4.78, 5) is 22.6. The Labute approximate surface area is 139 Å². The minimum atomic E-state index is -1.37. The van der Waals surface area contributed by atoms with Gasteiger partial charge in [0.25, 0.3) is 0 Å². The summed E-state index contributed by atoms with van der Waals surface area (Å²) in [5.41, 5.74) is 0.508. The zero-order chi connectivity index (χ0) is 17.9. The fourth-order valence-corrected chi connectivity index (χ4v) is 2.47. The Balaban J connectivity index is 2.19. The molecule has 5 unspecified atom stereocenters. The van der Waals surface area contributed by atoms with E-state index < -0.39 is 43.2 Å². The molecule has 0 aliphatic carbocycles. The van der Waals surface area contributed by atoms with Crippen LogP contribution in [0.5, 0.6) is 5.75 Å². The molecule has 8 heteroatoms. The number of carbonyl (C=O) groups is 2. The van der Waals surface area contributed by atoms with Gasteiger partial charge in [0.2, 0.25) is 12.2 Å². The number of Topliss-reactive ketones (excluding diaryl/α,β-unsaturated/α-hetero) is 1. The number of ether oxygens (including phenoxy) is 2. The molecule has 2 rings (SSSR count). The van der Waals surface area contributed by atoms with Crippen LogP contribution in [-0.4, -0.2) is 64.3 Å². The molecule has 8 nitrogen and oxygen atoms in total. The van der Waals surface area contributed by atoms with Gasteiger partial charge in [0.15, 0.2) is 5.78 Å². The number of amides is 1. The summed E-state index contributed by atoms with van der Waals surface area (Å²) in [6, 6.07) is 5.23. The predicted molar refractivity (Wildman–Crippen MR) is 82.4 cm³/mol. The third-order valence-electron chi connectivity index (χ3n) is 3.76. The van der Waals surface area contributed by atoms with Crippen LogP contribution in [0.4, 0.5) is 0 Å². The molecule has 0 aromatic heterocycles. The van der Waals surface area contributed by atoms with Crippen molar-refractivity contribution in [3.05, 3.63) is 29.8 Å². The van der Waals surface area contributed by atoms with Crippen molar-refractivity contribution in [2.24, 2.45) is 0 Å². The lowest BCUT2D eigenvalue weighted by Gasteiger charge is -2.42. The highest BCUT2D eigenvalue weighted by molar-refractivity contribution is 5.94. The molecule has 0 spiro atoms. The molecular formula is C16H21NO7. The summed E-state index contributed by atoms with van der Waals surface area (Å²) in [7, 11) is 0. The van der Waals surface area contributed by atoms with E-state index in [0.29, 0.717) is 11.3 Å². The van der Waals surface area contributed by atoms with Gasteiger partial charge in [-0.3, -0.25) is 9.59 Å². The molecule has 24 heavy (non-hydrogen) atoms. The van der Waals surface area contributed by atoms with Crippen molar-refractivity contribution in [1.82, 2.24) is 5.32 Å². The molecule has 1 aromatic carbocycles. The van der Waals surface area contributed by atoms with Gasteiger partial charge in [-0.25, -0.2) is 0 Å². The second-order valence-corrected chi connectivity index (χ2v) is 5.63. The maximum atomic E-state index is 11.3. The molecule has 0 saturated carbocycles. The average Bonchev–Trinajstić information content (AvgIpc) is 2.54. The maximum absolute atomic E-state index is 11.3. The van der Waals surface area contributed by atoms with Crippen LogP contribution in [0.15, 0.2) is 24.3 Å². The molecule has 1 saturated heterocycles. The lowest BCUT2D eigenvalue weighted by Crippen LogP contribution is -2.65. The molecule has 1 amide bonds. The van der Waals surface area contributed by atoms with Crippen LogP contribution < -0.4 is 10.1 Å². The van der Waals surface area contributed by atoms with E-state index in [1.165, 1.54) is 13.8 Å². The Hall–Kier alpha value is -2.00. The largest absolute Gasteiger partial charge is 0.463 e. The van der Waals surface area contributed by atoms with Gasteiger partial charge in [0.05, 0.1) is 6.61 Å². The SMILES string of the molecule is CC(=O)NC1C(Oc2ccc(C(C)=O)cc2)OC(CO)C(O)C1O. The van der Waals surface area contributed by atoms with Crippen LogP contribution in [-0.2, 0) is 9.53 Å².